The molecule has 1 aliphatic carbocycles. The van der Waals surface area contributed by atoms with Gasteiger partial charge in [0.1, 0.15) is 5.56 Å². The van der Waals surface area contributed by atoms with Crippen molar-refractivity contribution in [3.63, 3.8) is 0 Å². The maximum atomic E-state index is 13.7. The first kappa shape index (κ1) is 21.8. The quantitative estimate of drug-likeness (QED) is 0.597. The number of Topliss-reactive ketones (excluding diaryl/α,β-unsaturated/α-hetero) is 1. The third-order valence-corrected chi connectivity index (χ3v) is 6.22. The minimum absolute atomic E-state index is 0.0373. The van der Waals surface area contributed by atoms with Crippen molar-refractivity contribution in [1.29, 1.82) is 0 Å². The second-order valence-electron chi connectivity index (χ2n) is 9.50. The standard InChI is InChI=1S/C27H28N2O3/c1-17-10-12-19(13-11-17)29-16-21-20(14-27(3,4)15-23(21)30)24(26(29)32)25(31)28(5)22-9-7-6-8-18(22)2/h6-13,16H,14-15H2,1-5H3. The summed E-state index contributed by atoms with van der Waals surface area (Å²) in [5.74, 6) is -0.433. The van der Waals surface area contributed by atoms with Crippen molar-refractivity contribution in [2.75, 3.05) is 11.9 Å². The number of nitrogens with zero attached hydrogens (tertiary/aromatic N) is 2. The van der Waals surface area contributed by atoms with Gasteiger partial charge in [-0.15, -0.1) is 0 Å². The van der Waals surface area contributed by atoms with Crippen molar-refractivity contribution in [3.05, 3.63) is 92.9 Å². The zero-order valence-electron chi connectivity index (χ0n) is 19.2. The van der Waals surface area contributed by atoms with E-state index in [2.05, 4.69) is 0 Å². The van der Waals surface area contributed by atoms with Crippen LogP contribution in [-0.2, 0) is 6.42 Å². The summed E-state index contributed by atoms with van der Waals surface area (Å²) < 4.78 is 1.44. The highest BCUT2D eigenvalue weighted by Gasteiger charge is 2.36. The lowest BCUT2D eigenvalue weighted by atomic mass is 9.73. The SMILES string of the molecule is Cc1ccc(-n2cc3c(c(C(=O)N(C)c4ccccc4C)c2=O)CC(C)(C)CC3=O)cc1. The summed E-state index contributed by atoms with van der Waals surface area (Å²) in [6, 6.07) is 15.0. The van der Waals surface area contributed by atoms with Crippen molar-refractivity contribution in [3.8, 4) is 5.69 Å². The van der Waals surface area contributed by atoms with Gasteiger partial charge in [-0.3, -0.25) is 19.0 Å². The van der Waals surface area contributed by atoms with Gasteiger partial charge < -0.3 is 4.90 Å². The van der Waals surface area contributed by atoms with Crippen LogP contribution < -0.4 is 10.5 Å². The number of amides is 1. The van der Waals surface area contributed by atoms with Gasteiger partial charge >= 0.3 is 0 Å². The third-order valence-electron chi connectivity index (χ3n) is 6.22. The first-order valence-electron chi connectivity index (χ1n) is 10.8. The van der Waals surface area contributed by atoms with E-state index >= 15 is 0 Å². The molecule has 0 radical (unpaired) electrons. The van der Waals surface area contributed by atoms with Crippen LogP contribution in [0.4, 0.5) is 5.69 Å². The van der Waals surface area contributed by atoms with E-state index in [0.29, 0.717) is 29.7 Å². The Bertz CT molecular complexity index is 1280. The molecule has 1 amide bonds. The van der Waals surface area contributed by atoms with Crippen molar-refractivity contribution < 1.29 is 9.59 Å². The lowest BCUT2D eigenvalue weighted by molar-refractivity contribution is 0.0910. The summed E-state index contributed by atoms with van der Waals surface area (Å²) in [4.78, 5) is 42.0. The second-order valence-corrected chi connectivity index (χ2v) is 9.50. The lowest BCUT2D eigenvalue weighted by Gasteiger charge is -2.32. The predicted molar refractivity (Wildman–Crippen MR) is 127 cm³/mol. The molecule has 32 heavy (non-hydrogen) atoms. The summed E-state index contributed by atoms with van der Waals surface area (Å²) in [6.45, 7) is 7.89. The number of para-hydroxylation sites is 1. The number of aryl methyl sites for hydroxylation is 2. The Morgan fingerprint density at radius 1 is 0.969 bits per heavy atom. The molecule has 0 saturated carbocycles. The Balaban J connectivity index is 1.97. The van der Waals surface area contributed by atoms with E-state index in [9.17, 15) is 14.4 Å². The van der Waals surface area contributed by atoms with E-state index in [0.717, 1.165) is 16.8 Å². The number of carbonyl (C=O) groups is 2. The summed E-state index contributed by atoms with van der Waals surface area (Å²) in [5, 5.41) is 0. The highest BCUT2D eigenvalue weighted by atomic mass is 16.2. The Kier molecular flexibility index (Phi) is 5.37. The van der Waals surface area contributed by atoms with Crippen LogP contribution in [0.1, 0.15) is 57.7 Å². The van der Waals surface area contributed by atoms with E-state index in [1.165, 1.54) is 9.47 Å². The van der Waals surface area contributed by atoms with E-state index in [4.69, 9.17) is 0 Å². The van der Waals surface area contributed by atoms with Crippen molar-refractivity contribution in [2.24, 2.45) is 5.41 Å². The van der Waals surface area contributed by atoms with Crippen molar-refractivity contribution >= 4 is 17.4 Å². The van der Waals surface area contributed by atoms with Crippen LogP contribution in [0.2, 0.25) is 0 Å². The number of benzene rings is 2. The molecule has 0 unspecified atom stereocenters. The molecule has 164 valence electrons. The van der Waals surface area contributed by atoms with Gasteiger partial charge in [-0.2, -0.15) is 0 Å². The minimum Gasteiger partial charge on any atom is -0.311 e. The topological polar surface area (TPSA) is 59.4 Å². The lowest BCUT2D eigenvalue weighted by Crippen LogP contribution is -2.40. The van der Waals surface area contributed by atoms with Gasteiger partial charge in [-0.05, 0) is 55.0 Å². The molecule has 5 heteroatoms. The number of ketones is 1. The number of hydrogen-bond donors (Lipinski definition) is 0. The fourth-order valence-corrected chi connectivity index (χ4v) is 4.48. The zero-order valence-corrected chi connectivity index (χ0v) is 19.2. The van der Waals surface area contributed by atoms with Gasteiger partial charge in [-0.1, -0.05) is 49.7 Å². The molecule has 0 bridgehead atoms. The number of fused-ring (bicyclic) bond motifs is 1. The minimum atomic E-state index is -0.400. The predicted octanol–water partition coefficient (Wildman–Crippen LogP) is 4.89. The average Bonchev–Trinajstić information content (AvgIpc) is 2.73. The molecule has 0 fully saturated rings. The monoisotopic (exact) mass is 428 g/mol. The third kappa shape index (κ3) is 3.79. The highest BCUT2D eigenvalue weighted by molar-refractivity contribution is 6.10. The van der Waals surface area contributed by atoms with Crippen LogP contribution in [0.15, 0.2) is 59.5 Å². The van der Waals surface area contributed by atoms with Crippen molar-refractivity contribution in [1.82, 2.24) is 4.57 Å². The van der Waals surface area contributed by atoms with E-state index in [1.807, 2.05) is 76.2 Å². The Labute approximate surface area is 188 Å². The van der Waals surface area contributed by atoms with E-state index in [-0.39, 0.29) is 16.8 Å². The molecule has 2 aromatic carbocycles. The van der Waals surface area contributed by atoms with Gasteiger partial charge in [0.15, 0.2) is 5.78 Å². The van der Waals surface area contributed by atoms with E-state index in [1.54, 1.807) is 13.2 Å². The first-order chi connectivity index (χ1) is 15.1. The number of rotatable bonds is 3. The Morgan fingerprint density at radius 3 is 2.28 bits per heavy atom. The van der Waals surface area contributed by atoms with Gasteiger partial charge in [0.05, 0.1) is 0 Å². The molecule has 4 rings (SSSR count). The Hall–Kier alpha value is -3.47. The molecule has 1 heterocycles. The molecule has 0 N–H and O–H groups in total. The molecule has 5 nitrogen and oxygen atoms in total. The molecule has 0 atom stereocenters. The van der Waals surface area contributed by atoms with Crippen LogP contribution in [0.3, 0.4) is 0 Å². The summed E-state index contributed by atoms with van der Waals surface area (Å²) in [5.41, 5.74) is 3.75. The average molecular weight is 429 g/mol. The molecular weight excluding hydrogens is 400 g/mol. The van der Waals surface area contributed by atoms with Crippen LogP contribution >= 0.6 is 0 Å². The van der Waals surface area contributed by atoms with Crippen LogP contribution in [0.5, 0.6) is 0 Å². The molecule has 0 saturated heterocycles. The van der Waals surface area contributed by atoms with Gasteiger partial charge in [0, 0.05) is 36.6 Å². The largest absolute Gasteiger partial charge is 0.311 e. The van der Waals surface area contributed by atoms with Gasteiger partial charge in [0.2, 0.25) is 0 Å². The number of anilines is 1. The first-order valence-corrected chi connectivity index (χ1v) is 10.8. The molecule has 1 aromatic heterocycles. The summed E-state index contributed by atoms with van der Waals surface area (Å²) >= 11 is 0. The number of hydrogen-bond acceptors (Lipinski definition) is 3. The fourth-order valence-electron chi connectivity index (χ4n) is 4.48. The van der Waals surface area contributed by atoms with Crippen LogP contribution in [0, 0.1) is 19.3 Å². The number of pyridine rings is 1. The number of carbonyl (C=O) groups excluding carboxylic acids is 2. The summed E-state index contributed by atoms with van der Waals surface area (Å²) in [7, 11) is 1.68. The van der Waals surface area contributed by atoms with Gasteiger partial charge in [-0.25, -0.2) is 0 Å². The summed E-state index contributed by atoms with van der Waals surface area (Å²) in [6.07, 6.45) is 2.50. The highest BCUT2D eigenvalue weighted by Crippen LogP contribution is 2.36. The molecule has 1 aliphatic rings. The maximum absolute atomic E-state index is 13.7. The Morgan fingerprint density at radius 2 is 1.62 bits per heavy atom. The number of aromatic nitrogens is 1. The fraction of sp³-hybridized carbons (Fsp3) is 0.296. The molecule has 0 aliphatic heterocycles. The van der Waals surface area contributed by atoms with E-state index < -0.39 is 11.5 Å². The normalized spacial score (nSPS) is 14.7. The second kappa shape index (κ2) is 7.90. The van der Waals surface area contributed by atoms with Crippen molar-refractivity contribution in [2.45, 2.75) is 40.5 Å². The smallest absolute Gasteiger partial charge is 0.268 e. The molecule has 0 spiro atoms. The van der Waals surface area contributed by atoms with Crippen LogP contribution in [0.25, 0.3) is 5.69 Å². The van der Waals surface area contributed by atoms with Crippen LogP contribution in [-0.4, -0.2) is 23.3 Å². The molecule has 3 aromatic rings. The maximum Gasteiger partial charge on any atom is 0.268 e. The van der Waals surface area contributed by atoms with Gasteiger partial charge in [0.25, 0.3) is 11.5 Å². The zero-order chi connectivity index (χ0) is 23.2. The molecular formula is C27H28N2O3.